The van der Waals surface area contributed by atoms with Crippen LogP contribution < -0.4 is 10.1 Å². The van der Waals surface area contributed by atoms with E-state index in [0.29, 0.717) is 12.0 Å². The fourth-order valence-electron chi connectivity index (χ4n) is 2.36. The molecule has 1 aromatic rings. The minimum atomic E-state index is 0.112. The Morgan fingerprint density at radius 3 is 2.35 bits per heavy atom. The summed E-state index contributed by atoms with van der Waals surface area (Å²) >= 11 is 0. The summed E-state index contributed by atoms with van der Waals surface area (Å²) in [5.74, 6) is 1.64. The molecule has 0 amide bonds. The quantitative estimate of drug-likeness (QED) is 0.798. The molecule has 0 aliphatic rings. The predicted octanol–water partition coefficient (Wildman–Crippen LogP) is 4.39. The van der Waals surface area contributed by atoms with Crippen molar-refractivity contribution in [2.45, 2.75) is 59.4 Å². The summed E-state index contributed by atoms with van der Waals surface area (Å²) in [5.41, 5.74) is 1.39. The van der Waals surface area contributed by atoms with Gasteiger partial charge in [-0.2, -0.15) is 0 Å². The van der Waals surface area contributed by atoms with E-state index in [2.05, 4.69) is 71.1 Å². The molecule has 2 atom stereocenters. The molecular weight excluding hydrogens is 246 g/mol. The van der Waals surface area contributed by atoms with Gasteiger partial charge in [0.1, 0.15) is 12.4 Å². The fourth-order valence-corrected chi connectivity index (χ4v) is 2.36. The first-order valence-electron chi connectivity index (χ1n) is 7.85. The summed E-state index contributed by atoms with van der Waals surface area (Å²) in [6.45, 7) is 15.1. The molecule has 0 saturated carbocycles. The van der Waals surface area contributed by atoms with E-state index in [1.54, 1.807) is 0 Å². The molecule has 0 aliphatic carbocycles. The molecule has 0 bridgehead atoms. The number of hydrogen-bond donors (Lipinski definition) is 1. The van der Waals surface area contributed by atoms with Gasteiger partial charge in [-0.1, -0.05) is 66.2 Å². The number of nitrogens with one attached hydrogen (secondary N) is 1. The molecule has 0 radical (unpaired) electrons. The monoisotopic (exact) mass is 277 g/mol. The highest BCUT2D eigenvalue weighted by molar-refractivity contribution is 5.38. The van der Waals surface area contributed by atoms with Crippen molar-refractivity contribution in [2.24, 2.45) is 5.92 Å². The zero-order valence-electron chi connectivity index (χ0n) is 14.0. The van der Waals surface area contributed by atoms with Crippen LogP contribution in [0, 0.1) is 5.92 Å². The van der Waals surface area contributed by atoms with Gasteiger partial charge in [-0.05, 0) is 29.5 Å². The Balaban J connectivity index is 2.78. The molecule has 2 heteroatoms. The number of likely N-dealkylation sites (N-methyl/N-ethyl adjacent to an activating group) is 1. The van der Waals surface area contributed by atoms with Crippen molar-refractivity contribution in [3.05, 3.63) is 29.8 Å². The molecule has 1 aromatic carbocycles. The van der Waals surface area contributed by atoms with Crippen molar-refractivity contribution >= 4 is 0 Å². The largest absolute Gasteiger partial charge is 0.492 e. The standard InChI is InChI=1S/C18H31NO/c1-7-14(3)16(19-8-2)13-20-17-12-10-9-11-15(17)18(4,5)6/h9-12,14,16,19H,7-8,13H2,1-6H3. The van der Waals surface area contributed by atoms with Crippen molar-refractivity contribution in [3.8, 4) is 5.75 Å². The van der Waals surface area contributed by atoms with E-state index < -0.39 is 0 Å². The zero-order valence-corrected chi connectivity index (χ0v) is 14.0. The second-order valence-electron chi connectivity index (χ2n) is 6.61. The number of rotatable bonds is 7. The summed E-state index contributed by atoms with van der Waals surface area (Å²) in [6.07, 6.45) is 1.17. The van der Waals surface area contributed by atoms with E-state index >= 15 is 0 Å². The van der Waals surface area contributed by atoms with E-state index in [4.69, 9.17) is 4.74 Å². The maximum atomic E-state index is 6.14. The van der Waals surface area contributed by atoms with Crippen molar-refractivity contribution in [2.75, 3.05) is 13.2 Å². The lowest BCUT2D eigenvalue weighted by molar-refractivity contribution is 0.219. The number of benzene rings is 1. The highest BCUT2D eigenvalue weighted by Gasteiger charge is 2.20. The lowest BCUT2D eigenvalue weighted by Gasteiger charge is -2.27. The Kier molecular flexibility index (Phi) is 6.54. The molecule has 0 aliphatic heterocycles. The average molecular weight is 277 g/mol. The van der Waals surface area contributed by atoms with Gasteiger partial charge < -0.3 is 10.1 Å². The third-order valence-electron chi connectivity index (χ3n) is 3.91. The minimum Gasteiger partial charge on any atom is -0.492 e. The Labute approximate surface area is 124 Å². The minimum absolute atomic E-state index is 0.112. The second kappa shape index (κ2) is 7.68. The van der Waals surface area contributed by atoms with E-state index in [-0.39, 0.29) is 5.41 Å². The second-order valence-corrected chi connectivity index (χ2v) is 6.61. The molecule has 2 nitrogen and oxygen atoms in total. The van der Waals surface area contributed by atoms with Gasteiger partial charge in [0.05, 0.1) is 0 Å². The lowest BCUT2D eigenvalue weighted by Crippen LogP contribution is -2.39. The van der Waals surface area contributed by atoms with Crippen LogP contribution in [0.5, 0.6) is 5.75 Å². The molecule has 0 saturated heterocycles. The van der Waals surface area contributed by atoms with Gasteiger partial charge >= 0.3 is 0 Å². The summed E-state index contributed by atoms with van der Waals surface area (Å²) in [4.78, 5) is 0. The van der Waals surface area contributed by atoms with Gasteiger partial charge in [-0.15, -0.1) is 0 Å². The third kappa shape index (κ3) is 4.82. The first-order valence-corrected chi connectivity index (χ1v) is 7.85. The Morgan fingerprint density at radius 2 is 1.80 bits per heavy atom. The Hall–Kier alpha value is -1.02. The molecule has 114 valence electrons. The van der Waals surface area contributed by atoms with E-state index in [0.717, 1.165) is 18.9 Å². The molecule has 0 spiro atoms. The van der Waals surface area contributed by atoms with Crippen LogP contribution in [0.4, 0.5) is 0 Å². The van der Waals surface area contributed by atoms with Crippen LogP contribution in [0.15, 0.2) is 24.3 Å². The molecule has 20 heavy (non-hydrogen) atoms. The predicted molar refractivity (Wildman–Crippen MR) is 87.6 cm³/mol. The Morgan fingerprint density at radius 1 is 1.15 bits per heavy atom. The molecule has 1 rings (SSSR count). The normalized spacial score (nSPS) is 14.9. The fraction of sp³-hybridized carbons (Fsp3) is 0.667. The summed E-state index contributed by atoms with van der Waals surface area (Å²) in [7, 11) is 0. The van der Waals surface area contributed by atoms with Crippen molar-refractivity contribution in [1.29, 1.82) is 0 Å². The van der Waals surface area contributed by atoms with Gasteiger partial charge in [0.15, 0.2) is 0 Å². The van der Waals surface area contributed by atoms with Gasteiger partial charge in [-0.3, -0.25) is 0 Å². The van der Waals surface area contributed by atoms with Crippen molar-refractivity contribution in [3.63, 3.8) is 0 Å². The number of ether oxygens (including phenoxy) is 1. The van der Waals surface area contributed by atoms with E-state index in [9.17, 15) is 0 Å². The van der Waals surface area contributed by atoms with Gasteiger partial charge in [-0.25, -0.2) is 0 Å². The number of para-hydroxylation sites is 1. The van der Waals surface area contributed by atoms with Crippen LogP contribution in [0.2, 0.25) is 0 Å². The lowest BCUT2D eigenvalue weighted by atomic mass is 9.86. The van der Waals surface area contributed by atoms with Gasteiger partial charge in [0, 0.05) is 6.04 Å². The summed E-state index contributed by atoms with van der Waals surface area (Å²) < 4.78 is 6.14. The van der Waals surface area contributed by atoms with Crippen molar-refractivity contribution < 1.29 is 4.74 Å². The summed E-state index contributed by atoms with van der Waals surface area (Å²) in [6, 6.07) is 8.80. The van der Waals surface area contributed by atoms with Crippen LogP contribution in [0.25, 0.3) is 0 Å². The number of hydrogen-bond acceptors (Lipinski definition) is 2. The van der Waals surface area contributed by atoms with Crippen molar-refractivity contribution in [1.82, 2.24) is 5.32 Å². The topological polar surface area (TPSA) is 21.3 Å². The van der Waals surface area contributed by atoms with E-state index in [1.807, 2.05) is 0 Å². The molecular formula is C18H31NO. The smallest absolute Gasteiger partial charge is 0.123 e. The summed E-state index contributed by atoms with van der Waals surface area (Å²) in [5, 5.41) is 3.54. The first-order chi connectivity index (χ1) is 9.40. The maximum absolute atomic E-state index is 6.14. The van der Waals surface area contributed by atoms with E-state index in [1.165, 1.54) is 12.0 Å². The zero-order chi connectivity index (χ0) is 15.2. The molecule has 0 aromatic heterocycles. The maximum Gasteiger partial charge on any atom is 0.123 e. The SMILES string of the molecule is CCNC(COc1ccccc1C(C)(C)C)C(C)CC. The Bertz CT molecular complexity index is 395. The molecule has 2 unspecified atom stereocenters. The van der Waals surface area contributed by atoms with Gasteiger partial charge in [0.2, 0.25) is 0 Å². The highest BCUT2D eigenvalue weighted by Crippen LogP contribution is 2.31. The average Bonchev–Trinajstić information content (AvgIpc) is 2.42. The molecule has 0 fully saturated rings. The molecule has 1 N–H and O–H groups in total. The first kappa shape index (κ1) is 17.0. The highest BCUT2D eigenvalue weighted by atomic mass is 16.5. The molecule has 0 heterocycles. The van der Waals surface area contributed by atoms with Crippen LogP contribution >= 0.6 is 0 Å². The van der Waals surface area contributed by atoms with Gasteiger partial charge in [0.25, 0.3) is 0 Å². The third-order valence-corrected chi connectivity index (χ3v) is 3.91. The van der Waals surface area contributed by atoms with Crippen LogP contribution in [0.3, 0.4) is 0 Å². The van der Waals surface area contributed by atoms with Crippen LogP contribution in [0.1, 0.15) is 53.5 Å². The van der Waals surface area contributed by atoms with Crippen LogP contribution in [-0.2, 0) is 5.41 Å². The van der Waals surface area contributed by atoms with Crippen LogP contribution in [-0.4, -0.2) is 19.2 Å².